The largest absolute Gasteiger partial charge is 0.435 e. The molecule has 1 N–H and O–H groups in total. The van der Waals surface area contributed by atoms with E-state index in [0.29, 0.717) is 15.8 Å². The van der Waals surface area contributed by atoms with Crippen LogP contribution in [0.4, 0.5) is 13.9 Å². The third-order valence-corrected chi connectivity index (χ3v) is 4.41. The molecular formula is C16H13ClF2N4O2S. The molecule has 1 atom stereocenters. The van der Waals surface area contributed by atoms with Crippen LogP contribution >= 0.6 is 22.9 Å². The quantitative estimate of drug-likeness (QED) is 0.665. The van der Waals surface area contributed by atoms with Gasteiger partial charge in [-0.2, -0.15) is 13.9 Å². The number of nitrogens with one attached hydrogen (secondary N) is 1. The molecule has 0 aliphatic rings. The molecule has 10 heteroatoms. The maximum atomic E-state index is 12.3. The van der Waals surface area contributed by atoms with Gasteiger partial charge in [-0.3, -0.25) is 9.48 Å². The van der Waals surface area contributed by atoms with E-state index in [-0.39, 0.29) is 11.7 Å². The number of halogens is 3. The van der Waals surface area contributed by atoms with E-state index in [1.165, 1.54) is 34.3 Å². The molecule has 2 aromatic heterocycles. The first kappa shape index (κ1) is 18.3. The van der Waals surface area contributed by atoms with Crippen molar-refractivity contribution in [2.45, 2.75) is 19.6 Å². The normalized spacial score (nSPS) is 12.2. The molecule has 0 saturated heterocycles. The van der Waals surface area contributed by atoms with E-state index in [9.17, 15) is 13.6 Å². The van der Waals surface area contributed by atoms with Crippen LogP contribution in [0.3, 0.4) is 0 Å². The Kier molecular flexibility index (Phi) is 5.48. The molecule has 0 aliphatic carbocycles. The van der Waals surface area contributed by atoms with Gasteiger partial charge < -0.3 is 10.1 Å². The fourth-order valence-electron chi connectivity index (χ4n) is 2.13. The summed E-state index contributed by atoms with van der Waals surface area (Å²) in [5.41, 5.74) is 1.33. The second-order valence-electron chi connectivity index (χ2n) is 5.24. The van der Waals surface area contributed by atoms with Crippen LogP contribution in [0.15, 0.2) is 42.0 Å². The number of carbonyl (C=O) groups excluding carboxylic acids is 1. The van der Waals surface area contributed by atoms with E-state index < -0.39 is 12.7 Å². The highest BCUT2D eigenvalue weighted by molar-refractivity contribution is 7.14. The van der Waals surface area contributed by atoms with Crippen molar-refractivity contribution in [2.75, 3.05) is 5.32 Å². The number of alkyl halides is 2. The van der Waals surface area contributed by atoms with E-state index in [2.05, 4.69) is 20.1 Å². The summed E-state index contributed by atoms with van der Waals surface area (Å²) >= 11 is 7.06. The molecule has 0 radical (unpaired) electrons. The molecule has 3 rings (SSSR count). The first-order valence-electron chi connectivity index (χ1n) is 7.43. The number of hydrogen-bond donors (Lipinski definition) is 1. The highest BCUT2D eigenvalue weighted by atomic mass is 35.5. The molecule has 1 amide bonds. The zero-order valence-electron chi connectivity index (χ0n) is 13.4. The van der Waals surface area contributed by atoms with Crippen molar-refractivity contribution in [3.05, 3.63) is 47.1 Å². The number of benzene rings is 1. The molecule has 1 aromatic carbocycles. The van der Waals surface area contributed by atoms with Crippen LogP contribution in [-0.2, 0) is 4.79 Å². The van der Waals surface area contributed by atoms with Crippen LogP contribution in [0.2, 0.25) is 5.02 Å². The zero-order chi connectivity index (χ0) is 18.7. The standard InChI is InChI=1S/C16H13ClF2N4O2S/c1-9(23-7-11(17)6-20-23)14(24)22-16-21-13(8-26-16)10-2-4-12(5-3-10)25-15(18)19/h2-9,15H,1H3,(H,21,22,24). The smallest absolute Gasteiger partial charge is 0.387 e. The fourth-order valence-corrected chi connectivity index (χ4v) is 2.99. The minimum atomic E-state index is -2.87. The Labute approximate surface area is 156 Å². The van der Waals surface area contributed by atoms with E-state index in [4.69, 9.17) is 11.6 Å². The van der Waals surface area contributed by atoms with E-state index >= 15 is 0 Å². The Hall–Kier alpha value is -2.52. The number of anilines is 1. The summed E-state index contributed by atoms with van der Waals surface area (Å²) in [5, 5.41) is 9.34. The van der Waals surface area contributed by atoms with Crippen LogP contribution in [0, 0.1) is 0 Å². The topological polar surface area (TPSA) is 69.0 Å². The van der Waals surface area contributed by atoms with E-state index in [1.807, 2.05) is 0 Å². The van der Waals surface area contributed by atoms with Crippen molar-refractivity contribution in [3.63, 3.8) is 0 Å². The average Bonchev–Trinajstić information content (AvgIpc) is 3.23. The SMILES string of the molecule is CC(C(=O)Nc1nc(-c2ccc(OC(F)F)cc2)cs1)n1cc(Cl)cn1. The molecule has 0 saturated carbocycles. The second kappa shape index (κ2) is 7.79. The van der Waals surface area contributed by atoms with E-state index in [1.54, 1.807) is 30.6 Å². The molecule has 136 valence electrons. The molecule has 6 nitrogen and oxygen atoms in total. The maximum Gasteiger partial charge on any atom is 0.387 e. The van der Waals surface area contributed by atoms with Crippen molar-refractivity contribution in [2.24, 2.45) is 0 Å². The predicted molar refractivity (Wildman–Crippen MR) is 94.8 cm³/mol. The van der Waals surface area contributed by atoms with Gasteiger partial charge in [0.15, 0.2) is 5.13 Å². The van der Waals surface area contributed by atoms with Gasteiger partial charge in [0.05, 0.1) is 16.9 Å². The van der Waals surface area contributed by atoms with Crippen molar-refractivity contribution < 1.29 is 18.3 Å². The summed E-state index contributed by atoms with van der Waals surface area (Å²) in [6, 6.07) is 5.55. The lowest BCUT2D eigenvalue weighted by Gasteiger charge is -2.10. The van der Waals surface area contributed by atoms with Gasteiger partial charge in [0, 0.05) is 17.1 Å². The summed E-state index contributed by atoms with van der Waals surface area (Å²) in [6.45, 7) is -1.18. The number of ether oxygens (including phenoxy) is 1. The Morgan fingerprint density at radius 2 is 2.08 bits per heavy atom. The summed E-state index contributed by atoms with van der Waals surface area (Å²) < 4.78 is 30.1. The molecule has 0 aliphatic heterocycles. The minimum absolute atomic E-state index is 0.0687. The van der Waals surface area contributed by atoms with Crippen molar-refractivity contribution in [1.82, 2.24) is 14.8 Å². The minimum Gasteiger partial charge on any atom is -0.435 e. The Bertz CT molecular complexity index is 898. The number of hydrogen-bond acceptors (Lipinski definition) is 5. The Morgan fingerprint density at radius 1 is 1.35 bits per heavy atom. The fraction of sp³-hybridized carbons (Fsp3) is 0.188. The van der Waals surface area contributed by atoms with Crippen molar-refractivity contribution in [1.29, 1.82) is 0 Å². The molecule has 0 bridgehead atoms. The van der Waals surface area contributed by atoms with Gasteiger partial charge in [-0.1, -0.05) is 11.6 Å². The van der Waals surface area contributed by atoms with Gasteiger partial charge in [0.1, 0.15) is 11.8 Å². The first-order valence-corrected chi connectivity index (χ1v) is 8.69. The average molecular weight is 399 g/mol. The first-order chi connectivity index (χ1) is 12.4. The van der Waals surface area contributed by atoms with Crippen LogP contribution in [0.25, 0.3) is 11.3 Å². The van der Waals surface area contributed by atoms with Gasteiger partial charge in [0.25, 0.3) is 5.91 Å². The third-order valence-electron chi connectivity index (χ3n) is 3.46. The van der Waals surface area contributed by atoms with Crippen molar-refractivity contribution >= 4 is 34.0 Å². The van der Waals surface area contributed by atoms with E-state index in [0.717, 1.165) is 5.56 Å². The molecule has 2 heterocycles. The molecule has 26 heavy (non-hydrogen) atoms. The monoisotopic (exact) mass is 398 g/mol. The highest BCUT2D eigenvalue weighted by Crippen LogP contribution is 2.27. The highest BCUT2D eigenvalue weighted by Gasteiger charge is 2.17. The number of thiazole rings is 1. The van der Waals surface area contributed by atoms with Gasteiger partial charge >= 0.3 is 6.61 Å². The number of carbonyl (C=O) groups is 1. The van der Waals surface area contributed by atoms with Gasteiger partial charge in [-0.15, -0.1) is 11.3 Å². The lowest BCUT2D eigenvalue weighted by molar-refractivity contribution is -0.119. The molecule has 0 fully saturated rings. The zero-order valence-corrected chi connectivity index (χ0v) is 15.0. The third kappa shape index (κ3) is 4.36. The van der Waals surface area contributed by atoms with Crippen LogP contribution in [-0.4, -0.2) is 27.3 Å². The van der Waals surface area contributed by atoms with Gasteiger partial charge in [-0.05, 0) is 31.2 Å². The lowest BCUT2D eigenvalue weighted by Crippen LogP contribution is -2.23. The molecule has 0 spiro atoms. The summed E-state index contributed by atoms with van der Waals surface area (Å²) in [7, 11) is 0. The van der Waals surface area contributed by atoms with Crippen LogP contribution < -0.4 is 10.1 Å². The van der Waals surface area contributed by atoms with Gasteiger partial charge in [-0.25, -0.2) is 4.98 Å². The lowest BCUT2D eigenvalue weighted by atomic mass is 10.2. The molecule has 3 aromatic rings. The van der Waals surface area contributed by atoms with Crippen LogP contribution in [0.1, 0.15) is 13.0 Å². The molecule has 1 unspecified atom stereocenters. The predicted octanol–water partition coefficient (Wildman–Crippen LogP) is 4.46. The summed E-state index contributed by atoms with van der Waals surface area (Å²) in [6.07, 6.45) is 3.01. The second-order valence-corrected chi connectivity index (χ2v) is 6.54. The Balaban J connectivity index is 1.66. The summed E-state index contributed by atoms with van der Waals surface area (Å²) in [4.78, 5) is 16.6. The Morgan fingerprint density at radius 3 is 2.69 bits per heavy atom. The number of amides is 1. The summed E-state index contributed by atoms with van der Waals surface area (Å²) in [5.74, 6) is -0.217. The maximum absolute atomic E-state index is 12.3. The number of nitrogens with zero attached hydrogens (tertiary/aromatic N) is 3. The molecular weight excluding hydrogens is 386 g/mol. The van der Waals surface area contributed by atoms with Crippen LogP contribution in [0.5, 0.6) is 5.75 Å². The number of rotatable bonds is 6. The van der Waals surface area contributed by atoms with Gasteiger partial charge in [0.2, 0.25) is 0 Å². The van der Waals surface area contributed by atoms with Crippen molar-refractivity contribution in [3.8, 4) is 17.0 Å². The number of aromatic nitrogens is 3.